The first-order valence-electron chi connectivity index (χ1n) is 5.01. The van der Waals surface area contributed by atoms with E-state index in [-0.39, 0.29) is 5.91 Å². The number of nitrogens with zero attached hydrogens (tertiary/aromatic N) is 1. The number of hydrogen-bond acceptors (Lipinski definition) is 5. The Kier molecular flexibility index (Phi) is 4.76. The van der Waals surface area contributed by atoms with Gasteiger partial charge in [0.15, 0.2) is 0 Å². The van der Waals surface area contributed by atoms with Crippen LogP contribution in [0.15, 0.2) is 9.72 Å². The topological polar surface area (TPSA) is 68.0 Å². The SMILES string of the molecule is CNC(C)(CCSc1nc(C)cs1)C(N)=O. The van der Waals surface area contributed by atoms with Gasteiger partial charge in [0, 0.05) is 16.8 Å². The quantitative estimate of drug-likeness (QED) is 0.758. The summed E-state index contributed by atoms with van der Waals surface area (Å²) in [6.45, 7) is 3.80. The number of nitrogens with one attached hydrogen (secondary N) is 1. The number of amides is 1. The fraction of sp³-hybridized carbons (Fsp3) is 0.600. The van der Waals surface area contributed by atoms with Crippen LogP contribution in [0.1, 0.15) is 19.0 Å². The Bertz CT molecular complexity index is 367. The van der Waals surface area contributed by atoms with Crippen molar-refractivity contribution >= 4 is 29.0 Å². The van der Waals surface area contributed by atoms with Crippen LogP contribution in [0.3, 0.4) is 0 Å². The molecule has 1 aromatic rings. The van der Waals surface area contributed by atoms with Gasteiger partial charge in [-0.3, -0.25) is 4.79 Å². The number of nitrogens with two attached hydrogens (primary N) is 1. The van der Waals surface area contributed by atoms with Crippen LogP contribution in [0, 0.1) is 6.92 Å². The number of thiazole rings is 1. The van der Waals surface area contributed by atoms with Gasteiger partial charge in [0.05, 0.1) is 5.54 Å². The maximum Gasteiger partial charge on any atom is 0.237 e. The van der Waals surface area contributed by atoms with Crippen molar-refractivity contribution < 1.29 is 4.79 Å². The van der Waals surface area contributed by atoms with Gasteiger partial charge in [-0.25, -0.2) is 4.98 Å². The summed E-state index contributed by atoms with van der Waals surface area (Å²) in [6, 6.07) is 0. The summed E-state index contributed by atoms with van der Waals surface area (Å²) in [7, 11) is 1.75. The molecular weight excluding hydrogens is 242 g/mol. The van der Waals surface area contributed by atoms with E-state index in [1.54, 1.807) is 30.1 Å². The minimum Gasteiger partial charge on any atom is -0.368 e. The first-order chi connectivity index (χ1) is 7.48. The molecule has 1 unspecified atom stereocenters. The van der Waals surface area contributed by atoms with Crippen LogP contribution >= 0.6 is 23.1 Å². The van der Waals surface area contributed by atoms with Gasteiger partial charge in [0.1, 0.15) is 4.34 Å². The summed E-state index contributed by atoms with van der Waals surface area (Å²) in [6.07, 6.45) is 0.697. The zero-order valence-electron chi connectivity index (χ0n) is 9.74. The number of primary amides is 1. The largest absolute Gasteiger partial charge is 0.368 e. The van der Waals surface area contributed by atoms with Crippen molar-refractivity contribution in [1.29, 1.82) is 0 Å². The second-order valence-corrected chi connectivity index (χ2v) is 6.00. The van der Waals surface area contributed by atoms with Crippen molar-refractivity contribution in [2.24, 2.45) is 5.73 Å². The van der Waals surface area contributed by atoms with E-state index in [0.717, 1.165) is 15.8 Å². The summed E-state index contributed by atoms with van der Waals surface area (Å²) in [5.74, 6) is 0.513. The Morgan fingerprint density at radius 2 is 2.44 bits per heavy atom. The van der Waals surface area contributed by atoms with Crippen LogP contribution in [-0.4, -0.2) is 29.2 Å². The Morgan fingerprint density at radius 3 is 2.88 bits per heavy atom. The van der Waals surface area contributed by atoms with Crippen LogP contribution in [0.5, 0.6) is 0 Å². The number of carbonyl (C=O) groups excluding carboxylic acids is 1. The standard InChI is InChI=1S/C10H17N3OS2/c1-7-6-16-9(13-7)15-5-4-10(2,12-3)8(11)14/h6,12H,4-5H2,1-3H3,(H2,11,14). The average Bonchev–Trinajstić information content (AvgIpc) is 2.63. The molecule has 0 saturated heterocycles. The average molecular weight is 259 g/mol. The van der Waals surface area contributed by atoms with E-state index in [2.05, 4.69) is 10.3 Å². The van der Waals surface area contributed by atoms with Gasteiger partial charge in [-0.2, -0.15) is 0 Å². The highest BCUT2D eigenvalue weighted by molar-refractivity contribution is 8.01. The Morgan fingerprint density at radius 1 is 1.75 bits per heavy atom. The molecule has 0 fully saturated rings. The van der Waals surface area contributed by atoms with Crippen LogP contribution in [0.4, 0.5) is 0 Å². The van der Waals surface area contributed by atoms with Crippen molar-refractivity contribution in [3.63, 3.8) is 0 Å². The Labute approximate surface area is 104 Å². The minimum absolute atomic E-state index is 0.314. The van der Waals surface area contributed by atoms with E-state index in [4.69, 9.17) is 5.73 Å². The molecular formula is C10H17N3OS2. The predicted molar refractivity (Wildman–Crippen MR) is 68.9 cm³/mol. The molecule has 6 heteroatoms. The fourth-order valence-corrected chi connectivity index (χ4v) is 3.19. The Hall–Kier alpha value is -0.590. The number of thioether (sulfide) groups is 1. The lowest BCUT2D eigenvalue weighted by molar-refractivity contribution is -0.123. The second kappa shape index (κ2) is 5.65. The number of rotatable bonds is 6. The van der Waals surface area contributed by atoms with E-state index in [0.29, 0.717) is 6.42 Å². The molecule has 90 valence electrons. The molecule has 0 bridgehead atoms. The molecule has 1 amide bonds. The third kappa shape index (κ3) is 3.47. The highest BCUT2D eigenvalue weighted by Crippen LogP contribution is 2.24. The van der Waals surface area contributed by atoms with Crippen molar-refractivity contribution in [2.75, 3.05) is 12.8 Å². The molecule has 0 radical (unpaired) electrons. The van der Waals surface area contributed by atoms with Crippen LogP contribution in [0.25, 0.3) is 0 Å². The van der Waals surface area contributed by atoms with Gasteiger partial charge < -0.3 is 11.1 Å². The lowest BCUT2D eigenvalue weighted by atomic mass is 9.99. The van der Waals surface area contributed by atoms with Crippen molar-refractivity contribution in [3.05, 3.63) is 11.1 Å². The van der Waals surface area contributed by atoms with E-state index in [1.165, 1.54) is 0 Å². The molecule has 0 aliphatic rings. The van der Waals surface area contributed by atoms with Gasteiger partial charge in [0.2, 0.25) is 5.91 Å². The zero-order valence-corrected chi connectivity index (χ0v) is 11.4. The molecule has 0 aliphatic carbocycles. The number of likely N-dealkylation sites (N-methyl/N-ethyl adjacent to an activating group) is 1. The number of aromatic nitrogens is 1. The predicted octanol–water partition coefficient (Wildman–Crippen LogP) is 1.40. The maximum absolute atomic E-state index is 11.2. The molecule has 1 rings (SSSR count). The highest BCUT2D eigenvalue weighted by Gasteiger charge is 2.28. The van der Waals surface area contributed by atoms with Crippen LogP contribution in [-0.2, 0) is 4.79 Å². The first-order valence-corrected chi connectivity index (χ1v) is 6.88. The molecule has 0 spiro atoms. The summed E-state index contributed by atoms with van der Waals surface area (Å²) in [4.78, 5) is 15.6. The van der Waals surface area contributed by atoms with Crippen molar-refractivity contribution in [1.82, 2.24) is 10.3 Å². The third-order valence-electron chi connectivity index (χ3n) is 2.52. The monoisotopic (exact) mass is 259 g/mol. The second-order valence-electron chi connectivity index (χ2n) is 3.80. The fourth-order valence-electron chi connectivity index (χ4n) is 1.11. The molecule has 1 atom stereocenters. The molecule has 0 aromatic carbocycles. The van der Waals surface area contributed by atoms with Crippen molar-refractivity contribution in [3.8, 4) is 0 Å². The molecule has 4 nitrogen and oxygen atoms in total. The summed E-state index contributed by atoms with van der Waals surface area (Å²) < 4.78 is 1.04. The van der Waals surface area contributed by atoms with E-state index < -0.39 is 5.54 Å². The number of hydrogen-bond donors (Lipinski definition) is 2. The van der Waals surface area contributed by atoms with Gasteiger partial charge in [0.25, 0.3) is 0 Å². The summed E-state index contributed by atoms with van der Waals surface area (Å²) in [5.41, 5.74) is 5.76. The van der Waals surface area contributed by atoms with Gasteiger partial charge >= 0.3 is 0 Å². The Balaban J connectivity index is 2.43. The minimum atomic E-state index is -0.626. The molecule has 1 heterocycles. The van der Waals surface area contributed by atoms with Gasteiger partial charge in [-0.1, -0.05) is 11.8 Å². The summed E-state index contributed by atoms with van der Waals surface area (Å²) >= 11 is 3.29. The summed E-state index contributed by atoms with van der Waals surface area (Å²) in [5, 5.41) is 4.99. The molecule has 0 saturated carbocycles. The third-order valence-corrected chi connectivity index (χ3v) is 4.66. The van der Waals surface area contributed by atoms with E-state index >= 15 is 0 Å². The maximum atomic E-state index is 11.2. The highest BCUT2D eigenvalue weighted by atomic mass is 32.2. The first kappa shape index (κ1) is 13.5. The van der Waals surface area contributed by atoms with Crippen LogP contribution in [0.2, 0.25) is 0 Å². The normalized spacial score (nSPS) is 14.7. The van der Waals surface area contributed by atoms with Gasteiger partial charge in [-0.05, 0) is 27.3 Å². The van der Waals surface area contributed by atoms with Gasteiger partial charge in [-0.15, -0.1) is 11.3 Å². The van der Waals surface area contributed by atoms with E-state index in [1.807, 2.05) is 19.2 Å². The van der Waals surface area contributed by atoms with Crippen LogP contribution < -0.4 is 11.1 Å². The van der Waals surface area contributed by atoms with Crippen molar-refractivity contribution in [2.45, 2.75) is 30.1 Å². The molecule has 3 N–H and O–H groups in total. The molecule has 1 aromatic heterocycles. The van der Waals surface area contributed by atoms with E-state index in [9.17, 15) is 4.79 Å². The number of aryl methyl sites for hydroxylation is 1. The lowest BCUT2D eigenvalue weighted by Crippen LogP contribution is -2.51. The smallest absolute Gasteiger partial charge is 0.237 e. The molecule has 16 heavy (non-hydrogen) atoms. The number of carbonyl (C=O) groups is 1. The zero-order chi connectivity index (χ0) is 12.2. The lowest BCUT2D eigenvalue weighted by Gasteiger charge is -2.24. The molecule has 0 aliphatic heterocycles.